The topological polar surface area (TPSA) is 70.7 Å². The third-order valence-electron chi connectivity index (χ3n) is 3.36. The van der Waals surface area contributed by atoms with Gasteiger partial charge >= 0.3 is 0 Å². The molecule has 1 heterocycles. The molecule has 0 aliphatic heterocycles. The summed E-state index contributed by atoms with van der Waals surface area (Å²) in [5.74, 6) is 0.344. The average Bonchev–Trinajstić information content (AvgIpc) is 3.24. The second kappa shape index (κ2) is 6.95. The Bertz CT molecular complexity index is 709. The molecule has 23 heavy (non-hydrogen) atoms. The van der Waals surface area contributed by atoms with Crippen LogP contribution in [0, 0.1) is 5.82 Å². The molecule has 5 nitrogen and oxygen atoms in total. The Morgan fingerprint density at radius 2 is 2.13 bits per heavy atom. The first kappa shape index (κ1) is 15.7. The van der Waals surface area contributed by atoms with Crippen LogP contribution in [0.15, 0.2) is 29.4 Å². The van der Waals surface area contributed by atoms with Crippen molar-refractivity contribution in [1.29, 1.82) is 0 Å². The number of H-pyrrole nitrogens is 1. The highest BCUT2D eigenvalue weighted by atomic mass is 32.2. The molecule has 1 atom stereocenters. The van der Waals surface area contributed by atoms with Gasteiger partial charge in [-0.05, 0) is 43.5 Å². The Balaban J connectivity index is 1.56. The van der Waals surface area contributed by atoms with Crippen LogP contribution in [-0.2, 0) is 4.79 Å². The van der Waals surface area contributed by atoms with Gasteiger partial charge in [0.05, 0.1) is 5.25 Å². The number of aromatic amines is 1. The van der Waals surface area contributed by atoms with Crippen LogP contribution < -0.4 is 5.32 Å². The molecule has 0 saturated heterocycles. The van der Waals surface area contributed by atoms with Crippen LogP contribution >= 0.6 is 11.8 Å². The molecule has 1 aromatic heterocycles. The standard InChI is InChI=1S/C16H17FN4OS/c1-10(15(22)18-13-7-8-13)23-16-19-14(20-21-16)9-4-11-2-5-12(17)6-3-11/h2-6,9-10,13H,7-8H2,1H3,(H,18,22)(H,19,20,21)/b9-4+. The maximum Gasteiger partial charge on any atom is 0.233 e. The molecule has 2 aromatic rings. The van der Waals surface area contributed by atoms with Gasteiger partial charge in [0.15, 0.2) is 0 Å². The lowest BCUT2D eigenvalue weighted by atomic mass is 10.2. The molecule has 1 amide bonds. The Labute approximate surface area is 137 Å². The van der Waals surface area contributed by atoms with Crippen molar-refractivity contribution in [2.24, 2.45) is 0 Å². The van der Waals surface area contributed by atoms with Crippen LogP contribution in [0.5, 0.6) is 0 Å². The number of hydrogen-bond donors (Lipinski definition) is 2. The smallest absolute Gasteiger partial charge is 0.233 e. The van der Waals surface area contributed by atoms with E-state index in [0.29, 0.717) is 17.0 Å². The minimum Gasteiger partial charge on any atom is -0.352 e. The van der Waals surface area contributed by atoms with E-state index in [0.717, 1.165) is 18.4 Å². The number of nitrogens with zero attached hydrogens (tertiary/aromatic N) is 2. The first-order valence-electron chi connectivity index (χ1n) is 7.43. The fourth-order valence-corrected chi connectivity index (χ4v) is 2.63. The number of aromatic nitrogens is 3. The van der Waals surface area contributed by atoms with Gasteiger partial charge in [0.2, 0.25) is 11.1 Å². The van der Waals surface area contributed by atoms with Crippen molar-refractivity contribution in [3.8, 4) is 0 Å². The lowest BCUT2D eigenvalue weighted by molar-refractivity contribution is -0.120. The normalized spacial score (nSPS) is 15.7. The van der Waals surface area contributed by atoms with Gasteiger partial charge in [-0.3, -0.25) is 9.89 Å². The second-order valence-corrected chi connectivity index (χ2v) is 6.74. The Morgan fingerprint density at radius 3 is 2.83 bits per heavy atom. The van der Waals surface area contributed by atoms with Crippen molar-refractivity contribution in [2.75, 3.05) is 0 Å². The molecule has 0 spiro atoms. The molecule has 1 unspecified atom stereocenters. The van der Waals surface area contributed by atoms with Crippen molar-refractivity contribution in [2.45, 2.75) is 36.2 Å². The summed E-state index contributed by atoms with van der Waals surface area (Å²) in [7, 11) is 0. The summed E-state index contributed by atoms with van der Waals surface area (Å²) in [6, 6.07) is 6.53. The molecule has 7 heteroatoms. The number of benzene rings is 1. The van der Waals surface area contributed by atoms with E-state index in [1.165, 1.54) is 23.9 Å². The van der Waals surface area contributed by atoms with Crippen molar-refractivity contribution in [1.82, 2.24) is 20.5 Å². The Hall–Kier alpha value is -2.15. The summed E-state index contributed by atoms with van der Waals surface area (Å²) in [6.45, 7) is 1.84. The monoisotopic (exact) mass is 332 g/mol. The predicted molar refractivity (Wildman–Crippen MR) is 88.2 cm³/mol. The fraction of sp³-hybridized carbons (Fsp3) is 0.312. The third kappa shape index (κ3) is 4.66. The van der Waals surface area contributed by atoms with Crippen molar-refractivity contribution in [3.05, 3.63) is 41.5 Å². The van der Waals surface area contributed by atoms with Crippen LogP contribution in [0.2, 0.25) is 0 Å². The SMILES string of the molecule is CC(Sc1n[nH]c(/C=C/c2ccc(F)cc2)n1)C(=O)NC1CC1. The maximum absolute atomic E-state index is 12.8. The zero-order valence-corrected chi connectivity index (χ0v) is 13.4. The van der Waals surface area contributed by atoms with Gasteiger partial charge in [0, 0.05) is 6.04 Å². The number of rotatable bonds is 6. The highest BCUT2D eigenvalue weighted by Gasteiger charge is 2.26. The molecule has 1 aromatic carbocycles. The van der Waals surface area contributed by atoms with E-state index in [4.69, 9.17) is 0 Å². The average molecular weight is 332 g/mol. The highest BCUT2D eigenvalue weighted by molar-refractivity contribution is 8.00. The summed E-state index contributed by atoms with van der Waals surface area (Å²) < 4.78 is 12.8. The summed E-state index contributed by atoms with van der Waals surface area (Å²) in [5.41, 5.74) is 0.870. The van der Waals surface area contributed by atoms with Gasteiger partial charge in [0.25, 0.3) is 0 Å². The molecule has 1 aliphatic rings. The molecule has 1 saturated carbocycles. The summed E-state index contributed by atoms with van der Waals surface area (Å²) in [4.78, 5) is 16.2. The molecule has 1 aliphatic carbocycles. The lowest BCUT2D eigenvalue weighted by Crippen LogP contribution is -2.32. The second-order valence-electron chi connectivity index (χ2n) is 5.43. The Morgan fingerprint density at radius 1 is 1.39 bits per heavy atom. The van der Waals surface area contributed by atoms with Gasteiger partial charge in [0.1, 0.15) is 11.6 Å². The van der Waals surface area contributed by atoms with Crippen molar-refractivity contribution < 1.29 is 9.18 Å². The van der Waals surface area contributed by atoms with E-state index >= 15 is 0 Å². The minimum absolute atomic E-state index is 0.0192. The number of halogens is 1. The summed E-state index contributed by atoms with van der Waals surface area (Å²) >= 11 is 1.32. The van der Waals surface area contributed by atoms with Crippen LogP contribution in [0.25, 0.3) is 12.2 Å². The molecule has 3 rings (SSSR count). The van der Waals surface area contributed by atoms with Crippen molar-refractivity contribution >= 4 is 29.8 Å². The minimum atomic E-state index is -0.265. The number of hydrogen-bond acceptors (Lipinski definition) is 4. The fourth-order valence-electron chi connectivity index (χ4n) is 1.89. The van der Waals surface area contributed by atoms with Gasteiger partial charge in [-0.25, -0.2) is 9.37 Å². The Kier molecular flexibility index (Phi) is 4.76. The van der Waals surface area contributed by atoms with Gasteiger partial charge in [-0.1, -0.05) is 30.0 Å². The summed E-state index contributed by atoms with van der Waals surface area (Å²) in [6.07, 6.45) is 5.72. The van der Waals surface area contributed by atoms with Crippen LogP contribution in [-0.4, -0.2) is 32.4 Å². The zero-order valence-electron chi connectivity index (χ0n) is 12.6. The van der Waals surface area contributed by atoms with Crippen molar-refractivity contribution in [3.63, 3.8) is 0 Å². The van der Waals surface area contributed by atoms with E-state index < -0.39 is 0 Å². The van der Waals surface area contributed by atoms with Gasteiger partial charge < -0.3 is 5.32 Å². The third-order valence-corrected chi connectivity index (χ3v) is 4.32. The molecule has 1 fully saturated rings. The number of carbonyl (C=O) groups is 1. The largest absolute Gasteiger partial charge is 0.352 e. The highest BCUT2D eigenvalue weighted by Crippen LogP contribution is 2.23. The van der Waals surface area contributed by atoms with E-state index in [-0.39, 0.29) is 17.0 Å². The molecular weight excluding hydrogens is 315 g/mol. The number of carbonyl (C=O) groups excluding carboxylic acids is 1. The van der Waals surface area contributed by atoms with Gasteiger partial charge in [-0.15, -0.1) is 5.10 Å². The van der Waals surface area contributed by atoms with Crippen LogP contribution in [0.4, 0.5) is 4.39 Å². The molecule has 0 bridgehead atoms. The van der Waals surface area contributed by atoms with E-state index in [9.17, 15) is 9.18 Å². The van der Waals surface area contributed by atoms with Crippen LogP contribution in [0.1, 0.15) is 31.2 Å². The number of thioether (sulfide) groups is 1. The molecule has 2 N–H and O–H groups in total. The van der Waals surface area contributed by atoms with E-state index in [2.05, 4.69) is 20.5 Å². The molecule has 120 valence electrons. The molecular formula is C16H17FN4OS. The lowest BCUT2D eigenvalue weighted by Gasteiger charge is -2.08. The van der Waals surface area contributed by atoms with E-state index in [1.807, 2.05) is 13.0 Å². The quantitative estimate of drug-likeness (QED) is 0.798. The first-order chi connectivity index (χ1) is 11.1. The molecule has 0 radical (unpaired) electrons. The first-order valence-corrected chi connectivity index (χ1v) is 8.31. The maximum atomic E-state index is 12.8. The number of amides is 1. The van der Waals surface area contributed by atoms with Crippen LogP contribution in [0.3, 0.4) is 0 Å². The van der Waals surface area contributed by atoms with Gasteiger partial charge in [-0.2, -0.15) is 0 Å². The predicted octanol–water partition coefficient (Wildman–Crippen LogP) is 2.87. The number of nitrogens with one attached hydrogen (secondary N) is 2. The van der Waals surface area contributed by atoms with E-state index in [1.54, 1.807) is 18.2 Å². The summed E-state index contributed by atoms with van der Waals surface area (Å²) in [5, 5.41) is 10.2. The zero-order chi connectivity index (χ0) is 16.2.